The number of hydrogen-bond donors (Lipinski definition) is 1. The summed E-state index contributed by atoms with van der Waals surface area (Å²) in [6, 6.07) is 15.9. The fraction of sp³-hybridized carbons (Fsp3) is 0.520. The van der Waals surface area contributed by atoms with Crippen LogP contribution in [-0.4, -0.2) is 49.5 Å². The van der Waals surface area contributed by atoms with E-state index in [-0.39, 0.29) is 5.92 Å². The molecule has 1 N–H and O–H groups in total. The Morgan fingerprint density at radius 2 is 1.70 bits per heavy atom. The van der Waals surface area contributed by atoms with Gasteiger partial charge in [0.2, 0.25) is 0 Å². The summed E-state index contributed by atoms with van der Waals surface area (Å²) in [5.41, 5.74) is 1.01. The molecule has 1 saturated heterocycles. The lowest BCUT2D eigenvalue weighted by Gasteiger charge is -2.42. The van der Waals surface area contributed by atoms with Crippen LogP contribution >= 0.6 is 11.6 Å². The second-order valence-electron chi connectivity index (χ2n) is 8.50. The van der Waals surface area contributed by atoms with Crippen molar-refractivity contribution < 1.29 is 14.6 Å². The van der Waals surface area contributed by atoms with Gasteiger partial charge in [0.05, 0.1) is 25.4 Å². The van der Waals surface area contributed by atoms with E-state index in [1.807, 2.05) is 55.5 Å². The van der Waals surface area contributed by atoms with Gasteiger partial charge in [-0.1, -0.05) is 49.7 Å². The third-order valence-electron chi connectivity index (χ3n) is 5.78. The number of nitrogens with zero attached hydrogens (tertiary/aromatic N) is 1. The Hall–Kier alpha value is -1.59. The Kier molecular flexibility index (Phi) is 8.18. The molecular formula is C25H34ClNO3. The van der Waals surface area contributed by atoms with Gasteiger partial charge in [0, 0.05) is 30.6 Å². The first kappa shape index (κ1) is 23.1. The minimum atomic E-state index is -1.01. The maximum absolute atomic E-state index is 12.3. The monoisotopic (exact) mass is 431 g/mol. The van der Waals surface area contributed by atoms with E-state index in [9.17, 15) is 5.11 Å². The summed E-state index contributed by atoms with van der Waals surface area (Å²) < 4.78 is 11.2. The molecule has 30 heavy (non-hydrogen) atoms. The molecule has 0 unspecified atom stereocenters. The van der Waals surface area contributed by atoms with E-state index in [0.717, 1.165) is 49.7 Å². The van der Waals surface area contributed by atoms with E-state index in [4.69, 9.17) is 21.1 Å². The van der Waals surface area contributed by atoms with Gasteiger partial charge in [0.1, 0.15) is 5.75 Å². The lowest BCUT2D eigenvalue weighted by Crippen LogP contribution is -2.45. The zero-order valence-corrected chi connectivity index (χ0v) is 19.1. The second kappa shape index (κ2) is 10.6. The van der Waals surface area contributed by atoms with Crippen molar-refractivity contribution in [3.8, 4) is 5.75 Å². The molecular weight excluding hydrogens is 398 g/mol. The number of halogens is 1. The number of hydrogen-bond acceptors (Lipinski definition) is 4. The molecule has 2 aromatic rings. The number of morpholine rings is 1. The van der Waals surface area contributed by atoms with Crippen LogP contribution in [0.1, 0.15) is 44.2 Å². The second-order valence-corrected chi connectivity index (χ2v) is 8.93. The summed E-state index contributed by atoms with van der Waals surface area (Å²) in [7, 11) is 0. The lowest BCUT2D eigenvalue weighted by molar-refractivity contribution is -0.0356. The predicted octanol–water partition coefficient (Wildman–Crippen LogP) is 5.09. The SMILES string of the molecule is CCOc1ccc([C@](O)(CC(C)C)[C@@H](CN2CCOCC2)c2ccc(Cl)cc2)cc1. The van der Waals surface area contributed by atoms with Gasteiger partial charge in [-0.05, 0) is 54.7 Å². The number of ether oxygens (including phenoxy) is 2. The molecule has 0 radical (unpaired) electrons. The molecule has 4 nitrogen and oxygen atoms in total. The molecule has 0 bridgehead atoms. The third kappa shape index (κ3) is 5.76. The maximum Gasteiger partial charge on any atom is 0.119 e. The van der Waals surface area contributed by atoms with Crippen molar-refractivity contribution in [1.82, 2.24) is 4.90 Å². The van der Waals surface area contributed by atoms with Crippen LogP contribution in [0.5, 0.6) is 5.75 Å². The normalized spacial score (nSPS) is 18.2. The highest BCUT2D eigenvalue weighted by molar-refractivity contribution is 6.30. The highest BCUT2D eigenvalue weighted by Crippen LogP contribution is 2.43. The Bertz CT molecular complexity index is 772. The number of rotatable bonds is 9. The van der Waals surface area contributed by atoms with Crippen molar-refractivity contribution in [2.75, 3.05) is 39.5 Å². The first-order valence-corrected chi connectivity index (χ1v) is 11.3. The van der Waals surface area contributed by atoms with Crippen molar-refractivity contribution in [1.29, 1.82) is 0 Å². The van der Waals surface area contributed by atoms with Gasteiger partial charge in [0.15, 0.2) is 0 Å². The van der Waals surface area contributed by atoms with Crippen LogP contribution in [-0.2, 0) is 10.3 Å². The summed E-state index contributed by atoms with van der Waals surface area (Å²) in [6.07, 6.45) is 0.665. The minimum absolute atomic E-state index is 0.0896. The van der Waals surface area contributed by atoms with Crippen LogP contribution in [0.15, 0.2) is 48.5 Å². The standard InChI is InChI=1S/C25H34ClNO3/c1-4-30-23-11-7-21(8-12-23)25(28,17-19(2)3)24(18-27-13-15-29-16-14-27)20-5-9-22(26)10-6-20/h5-12,19,24,28H,4,13-18H2,1-3H3/t24-,25+/m0/s1. The molecule has 1 heterocycles. The van der Waals surface area contributed by atoms with E-state index < -0.39 is 5.60 Å². The van der Waals surface area contributed by atoms with Crippen molar-refractivity contribution in [3.05, 3.63) is 64.7 Å². The Balaban J connectivity index is 2.01. The van der Waals surface area contributed by atoms with E-state index >= 15 is 0 Å². The fourth-order valence-electron chi connectivity index (χ4n) is 4.36. The lowest BCUT2D eigenvalue weighted by atomic mass is 9.72. The fourth-order valence-corrected chi connectivity index (χ4v) is 4.49. The molecule has 5 heteroatoms. The van der Waals surface area contributed by atoms with Gasteiger partial charge in [-0.25, -0.2) is 0 Å². The third-order valence-corrected chi connectivity index (χ3v) is 6.03. The summed E-state index contributed by atoms with van der Waals surface area (Å²) in [5, 5.41) is 13.0. The molecule has 1 fully saturated rings. The minimum Gasteiger partial charge on any atom is -0.494 e. The van der Waals surface area contributed by atoms with Crippen LogP contribution in [0, 0.1) is 5.92 Å². The largest absolute Gasteiger partial charge is 0.494 e. The van der Waals surface area contributed by atoms with E-state index in [1.54, 1.807) is 0 Å². The summed E-state index contributed by atoms with van der Waals surface area (Å²) in [6.45, 7) is 10.9. The molecule has 2 atom stereocenters. The average molecular weight is 432 g/mol. The van der Waals surface area contributed by atoms with E-state index in [0.29, 0.717) is 24.0 Å². The van der Waals surface area contributed by atoms with Crippen molar-refractivity contribution in [2.45, 2.75) is 38.7 Å². The summed E-state index contributed by atoms with van der Waals surface area (Å²) in [4.78, 5) is 2.39. The molecule has 3 rings (SSSR count). The highest BCUT2D eigenvalue weighted by Gasteiger charge is 2.41. The van der Waals surface area contributed by atoms with Gasteiger partial charge in [-0.15, -0.1) is 0 Å². The maximum atomic E-state index is 12.3. The quantitative estimate of drug-likeness (QED) is 0.600. The molecule has 0 amide bonds. The Morgan fingerprint density at radius 1 is 1.07 bits per heavy atom. The molecule has 164 valence electrons. The van der Waals surface area contributed by atoms with Gasteiger partial charge >= 0.3 is 0 Å². The average Bonchev–Trinajstić information content (AvgIpc) is 2.74. The Labute approximate surface area is 185 Å². The molecule has 2 aromatic carbocycles. The first-order chi connectivity index (χ1) is 14.4. The Morgan fingerprint density at radius 3 is 2.27 bits per heavy atom. The van der Waals surface area contributed by atoms with Crippen molar-refractivity contribution in [2.24, 2.45) is 5.92 Å². The highest BCUT2D eigenvalue weighted by atomic mass is 35.5. The van der Waals surface area contributed by atoms with Crippen LogP contribution in [0.3, 0.4) is 0 Å². The topological polar surface area (TPSA) is 41.9 Å². The summed E-state index contributed by atoms with van der Waals surface area (Å²) in [5.74, 6) is 1.07. The molecule has 1 aliphatic rings. The van der Waals surface area contributed by atoms with Crippen LogP contribution in [0.25, 0.3) is 0 Å². The zero-order valence-electron chi connectivity index (χ0n) is 18.3. The van der Waals surface area contributed by atoms with Crippen LogP contribution in [0.2, 0.25) is 5.02 Å². The van der Waals surface area contributed by atoms with Crippen LogP contribution in [0.4, 0.5) is 0 Å². The molecule has 0 spiro atoms. The molecule has 0 aromatic heterocycles. The molecule has 0 saturated carbocycles. The zero-order chi connectivity index (χ0) is 21.6. The summed E-state index contributed by atoms with van der Waals surface area (Å²) >= 11 is 6.17. The van der Waals surface area contributed by atoms with Gasteiger partial charge in [-0.3, -0.25) is 4.90 Å². The van der Waals surface area contributed by atoms with E-state index in [2.05, 4.69) is 18.7 Å². The molecule has 1 aliphatic heterocycles. The van der Waals surface area contributed by atoms with Gasteiger partial charge < -0.3 is 14.6 Å². The smallest absolute Gasteiger partial charge is 0.119 e. The van der Waals surface area contributed by atoms with Crippen molar-refractivity contribution in [3.63, 3.8) is 0 Å². The van der Waals surface area contributed by atoms with Gasteiger partial charge in [-0.2, -0.15) is 0 Å². The number of aliphatic hydroxyl groups is 1. The first-order valence-electron chi connectivity index (χ1n) is 10.9. The predicted molar refractivity (Wildman–Crippen MR) is 122 cm³/mol. The van der Waals surface area contributed by atoms with Gasteiger partial charge in [0.25, 0.3) is 0 Å². The number of benzene rings is 2. The molecule has 0 aliphatic carbocycles. The van der Waals surface area contributed by atoms with Crippen LogP contribution < -0.4 is 4.74 Å². The van der Waals surface area contributed by atoms with E-state index in [1.165, 1.54) is 0 Å². The van der Waals surface area contributed by atoms with Crippen molar-refractivity contribution >= 4 is 11.6 Å².